The molecular formula is C16H14FN5. The van der Waals surface area contributed by atoms with Crippen molar-refractivity contribution in [1.29, 1.82) is 5.26 Å². The van der Waals surface area contributed by atoms with Crippen LogP contribution in [0.1, 0.15) is 31.3 Å². The highest BCUT2D eigenvalue weighted by molar-refractivity contribution is 5.83. The van der Waals surface area contributed by atoms with Crippen LogP contribution in [0.15, 0.2) is 24.7 Å². The average molecular weight is 295 g/mol. The summed E-state index contributed by atoms with van der Waals surface area (Å²) in [5, 5.41) is 9.17. The molecule has 0 unspecified atom stereocenters. The monoisotopic (exact) mass is 295 g/mol. The van der Waals surface area contributed by atoms with Crippen LogP contribution in [-0.2, 0) is 0 Å². The maximum absolute atomic E-state index is 14.4. The first-order chi connectivity index (χ1) is 10.5. The molecule has 6 heteroatoms. The summed E-state index contributed by atoms with van der Waals surface area (Å²) in [6.07, 6.45) is 2.78. The fourth-order valence-electron chi connectivity index (χ4n) is 2.70. The molecule has 3 aromatic rings. The fourth-order valence-corrected chi connectivity index (χ4v) is 2.70. The number of benzene rings is 1. The Morgan fingerprint density at radius 3 is 2.77 bits per heavy atom. The SMILES string of the molecule is Cc1nc2c(F)cc(-c3ncncc3C#N)cc2n1C(C)C. The van der Waals surface area contributed by atoms with Crippen LogP contribution >= 0.6 is 0 Å². The minimum absolute atomic E-state index is 0.153. The minimum Gasteiger partial charge on any atom is -0.326 e. The fraction of sp³-hybridized carbons (Fsp3) is 0.250. The maximum Gasteiger partial charge on any atom is 0.151 e. The Hall–Kier alpha value is -2.81. The normalized spacial score (nSPS) is 11.1. The van der Waals surface area contributed by atoms with Crippen molar-refractivity contribution in [3.63, 3.8) is 0 Å². The summed E-state index contributed by atoms with van der Waals surface area (Å²) in [5.41, 5.74) is 2.32. The summed E-state index contributed by atoms with van der Waals surface area (Å²) < 4.78 is 16.4. The molecule has 0 bridgehead atoms. The topological polar surface area (TPSA) is 67.4 Å². The summed E-state index contributed by atoms with van der Waals surface area (Å²) in [7, 11) is 0. The molecule has 0 aliphatic rings. The quantitative estimate of drug-likeness (QED) is 0.726. The van der Waals surface area contributed by atoms with Gasteiger partial charge in [-0.3, -0.25) is 0 Å². The van der Waals surface area contributed by atoms with E-state index >= 15 is 0 Å². The minimum atomic E-state index is -0.419. The molecule has 2 heterocycles. The van der Waals surface area contributed by atoms with Crippen molar-refractivity contribution in [2.24, 2.45) is 0 Å². The van der Waals surface area contributed by atoms with Gasteiger partial charge < -0.3 is 4.57 Å². The van der Waals surface area contributed by atoms with Crippen molar-refractivity contribution >= 4 is 11.0 Å². The molecule has 0 radical (unpaired) electrons. The van der Waals surface area contributed by atoms with Crippen molar-refractivity contribution in [3.8, 4) is 17.3 Å². The predicted octanol–water partition coefficient (Wildman–Crippen LogP) is 3.39. The number of hydrogen-bond acceptors (Lipinski definition) is 4. The molecule has 0 aliphatic heterocycles. The Morgan fingerprint density at radius 2 is 2.09 bits per heavy atom. The van der Waals surface area contributed by atoms with E-state index in [1.807, 2.05) is 37.5 Å². The van der Waals surface area contributed by atoms with E-state index in [1.165, 1.54) is 18.6 Å². The van der Waals surface area contributed by atoms with Crippen LogP contribution in [0.2, 0.25) is 0 Å². The number of hydrogen-bond donors (Lipinski definition) is 0. The summed E-state index contributed by atoms with van der Waals surface area (Å²) in [4.78, 5) is 12.3. The van der Waals surface area contributed by atoms with Crippen molar-refractivity contribution in [3.05, 3.63) is 41.9 Å². The van der Waals surface area contributed by atoms with Crippen molar-refractivity contribution in [1.82, 2.24) is 19.5 Å². The van der Waals surface area contributed by atoms with Crippen LogP contribution in [0.4, 0.5) is 4.39 Å². The van der Waals surface area contributed by atoms with Gasteiger partial charge in [-0.2, -0.15) is 5.26 Å². The number of imidazole rings is 1. The lowest BCUT2D eigenvalue weighted by Crippen LogP contribution is -2.03. The first-order valence-corrected chi connectivity index (χ1v) is 6.91. The van der Waals surface area contributed by atoms with Gasteiger partial charge in [-0.25, -0.2) is 19.3 Å². The molecule has 3 rings (SSSR count). The molecule has 0 spiro atoms. The number of rotatable bonds is 2. The Morgan fingerprint density at radius 1 is 1.32 bits per heavy atom. The van der Waals surface area contributed by atoms with Gasteiger partial charge in [-0.15, -0.1) is 0 Å². The number of halogens is 1. The van der Waals surface area contributed by atoms with Gasteiger partial charge in [0.05, 0.1) is 16.8 Å². The smallest absolute Gasteiger partial charge is 0.151 e. The highest BCUT2D eigenvalue weighted by Crippen LogP contribution is 2.29. The first kappa shape index (κ1) is 14.1. The number of aryl methyl sites for hydroxylation is 1. The molecule has 0 N–H and O–H groups in total. The van der Waals surface area contributed by atoms with E-state index in [-0.39, 0.29) is 6.04 Å². The molecule has 110 valence electrons. The molecule has 2 aromatic heterocycles. The number of aromatic nitrogens is 4. The summed E-state index contributed by atoms with van der Waals surface area (Å²) in [6, 6.07) is 5.37. The van der Waals surface area contributed by atoms with Gasteiger partial charge in [0.1, 0.15) is 23.7 Å². The molecule has 0 atom stereocenters. The molecule has 0 aliphatic carbocycles. The van der Waals surface area contributed by atoms with E-state index in [4.69, 9.17) is 5.26 Å². The molecule has 0 saturated carbocycles. The summed E-state index contributed by atoms with van der Waals surface area (Å²) in [5.74, 6) is 0.335. The van der Waals surface area contributed by atoms with Gasteiger partial charge >= 0.3 is 0 Å². The largest absolute Gasteiger partial charge is 0.326 e. The van der Waals surface area contributed by atoms with Gasteiger partial charge in [0.15, 0.2) is 5.82 Å². The van der Waals surface area contributed by atoms with E-state index in [9.17, 15) is 4.39 Å². The van der Waals surface area contributed by atoms with Gasteiger partial charge in [-0.1, -0.05) is 0 Å². The number of fused-ring (bicyclic) bond motifs is 1. The molecular weight excluding hydrogens is 281 g/mol. The van der Waals surface area contributed by atoms with E-state index < -0.39 is 5.82 Å². The van der Waals surface area contributed by atoms with Gasteiger partial charge in [-0.05, 0) is 32.9 Å². The van der Waals surface area contributed by atoms with Crippen molar-refractivity contribution in [2.45, 2.75) is 26.8 Å². The molecule has 0 fully saturated rings. The second-order valence-electron chi connectivity index (χ2n) is 5.35. The van der Waals surface area contributed by atoms with Crippen LogP contribution in [0.3, 0.4) is 0 Å². The van der Waals surface area contributed by atoms with E-state index in [1.54, 1.807) is 0 Å². The lowest BCUT2D eigenvalue weighted by Gasteiger charge is -2.11. The summed E-state index contributed by atoms with van der Waals surface area (Å²) in [6.45, 7) is 5.89. The third-order valence-corrected chi connectivity index (χ3v) is 3.55. The second-order valence-corrected chi connectivity index (χ2v) is 5.35. The van der Waals surface area contributed by atoms with Crippen LogP contribution in [0.25, 0.3) is 22.3 Å². The third kappa shape index (κ3) is 2.11. The zero-order valence-electron chi connectivity index (χ0n) is 12.5. The van der Waals surface area contributed by atoms with Crippen LogP contribution in [-0.4, -0.2) is 19.5 Å². The molecule has 0 saturated heterocycles. The van der Waals surface area contributed by atoms with Gasteiger partial charge in [0, 0.05) is 17.8 Å². The van der Waals surface area contributed by atoms with Crippen LogP contribution in [0.5, 0.6) is 0 Å². The van der Waals surface area contributed by atoms with Crippen molar-refractivity contribution in [2.75, 3.05) is 0 Å². The Balaban J connectivity index is 2.33. The molecule has 22 heavy (non-hydrogen) atoms. The number of nitriles is 1. The molecule has 1 aromatic carbocycles. The van der Waals surface area contributed by atoms with Crippen molar-refractivity contribution < 1.29 is 4.39 Å². The Kier molecular flexibility index (Phi) is 3.33. The average Bonchev–Trinajstić information content (AvgIpc) is 2.84. The lowest BCUT2D eigenvalue weighted by molar-refractivity contribution is 0.600. The lowest BCUT2D eigenvalue weighted by atomic mass is 10.1. The van der Waals surface area contributed by atoms with Crippen LogP contribution < -0.4 is 0 Å². The second kappa shape index (κ2) is 5.19. The maximum atomic E-state index is 14.4. The molecule has 5 nitrogen and oxygen atoms in total. The number of nitrogens with zero attached hydrogens (tertiary/aromatic N) is 5. The zero-order valence-corrected chi connectivity index (χ0v) is 12.5. The molecule has 0 amide bonds. The third-order valence-electron chi connectivity index (χ3n) is 3.55. The Bertz CT molecular complexity index is 905. The zero-order chi connectivity index (χ0) is 15.9. The van der Waals surface area contributed by atoms with Gasteiger partial charge in [0.25, 0.3) is 0 Å². The van der Waals surface area contributed by atoms with Gasteiger partial charge in [0.2, 0.25) is 0 Å². The standard InChI is InChI=1S/C16H14FN5/c1-9(2)22-10(3)21-16-13(17)4-11(5-14(16)22)15-12(6-18)7-19-8-20-15/h4-5,7-9H,1-3H3. The summed E-state index contributed by atoms with van der Waals surface area (Å²) >= 11 is 0. The highest BCUT2D eigenvalue weighted by Gasteiger charge is 2.17. The predicted molar refractivity (Wildman–Crippen MR) is 80.6 cm³/mol. The first-order valence-electron chi connectivity index (χ1n) is 6.91. The highest BCUT2D eigenvalue weighted by atomic mass is 19.1. The van der Waals surface area contributed by atoms with E-state index in [0.29, 0.717) is 27.9 Å². The van der Waals surface area contributed by atoms with E-state index in [0.717, 1.165) is 5.82 Å². The van der Waals surface area contributed by atoms with Crippen LogP contribution in [0, 0.1) is 24.1 Å². The van der Waals surface area contributed by atoms with E-state index in [2.05, 4.69) is 15.0 Å². The Labute approximate surface area is 127 Å².